The first-order chi connectivity index (χ1) is 13.7. The summed E-state index contributed by atoms with van der Waals surface area (Å²) in [6.07, 6.45) is 1.34. The molecule has 0 saturated heterocycles. The highest BCUT2D eigenvalue weighted by atomic mass is 16.3. The fourth-order valence-corrected chi connectivity index (χ4v) is 4.08. The van der Waals surface area contributed by atoms with Crippen molar-refractivity contribution in [1.29, 1.82) is 5.26 Å². The van der Waals surface area contributed by atoms with Crippen molar-refractivity contribution < 1.29 is 5.11 Å². The van der Waals surface area contributed by atoms with Crippen LogP contribution in [0.5, 0.6) is 5.75 Å². The molecule has 0 atom stereocenters. The van der Waals surface area contributed by atoms with E-state index < -0.39 is 5.56 Å². The zero-order valence-corrected chi connectivity index (χ0v) is 14.9. The van der Waals surface area contributed by atoms with Gasteiger partial charge in [0.25, 0.3) is 5.56 Å². The molecule has 5 rings (SSSR count). The molecular formula is C23H15N3O2. The highest BCUT2D eigenvalue weighted by molar-refractivity contribution is 6.01. The number of benzene rings is 3. The van der Waals surface area contributed by atoms with Crippen LogP contribution in [0.15, 0.2) is 65.5 Å². The fraction of sp³-hybridized carbons (Fsp3) is 0.0870. The van der Waals surface area contributed by atoms with E-state index in [1.807, 2.05) is 48.5 Å². The van der Waals surface area contributed by atoms with E-state index >= 15 is 0 Å². The second kappa shape index (κ2) is 6.07. The van der Waals surface area contributed by atoms with Crippen molar-refractivity contribution in [3.05, 3.63) is 87.8 Å². The lowest BCUT2D eigenvalue weighted by Crippen LogP contribution is -2.22. The Morgan fingerprint density at radius 3 is 2.32 bits per heavy atom. The van der Waals surface area contributed by atoms with E-state index in [1.165, 1.54) is 4.68 Å². The van der Waals surface area contributed by atoms with Gasteiger partial charge in [0.2, 0.25) is 0 Å². The summed E-state index contributed by atoms with van der Waals surface area (Å²) in [4.78, 5) is 13.2. The van der Waals surface area contributed by atoms with Crippen LogP contribution >= 0.6 is 0 Å². The van der Waals surface area contributed by atoms with Gasteiger partial charge in [-0.15, -0.1) is 0 Å². The van der Waals surface area contributed by atoms with Crippen LogP contribution in [0.25, 0.3) is 27.6 Å². The van der Waals surface area contributed by atoms with Crippen molar-refractivity contribution in [2.24, 2.45) is 0 Å². The van der Waals surface area contributed by atoms with Gasteiger partial charge in [0.05, 0.1) is 16.8 Å². The van der Waals surface area contributed by atoms with Gasteiger partial charge in [0.15, 0.2) is 0 Å². The SMILES string of the molecule is N#Cc1c(-c2ccccc2)c2c3c(nn(-c4ccccc4)c(=O)c3c1O)CC2. The average Bonchev–Trinajstić information content (AvgIpc) is 3.15. The maximum atomic E-state index is 13.2. The number of nitriles is 1. The molecular weight excluding hydrogens is 350 g/mol. The molecule has 1 N–H and O–H groups in total. The van der Waals surface area contributed by atoms with Gasteiger partial charge in [-0.05, 0) is 36.1 Å². The minimum absolute atomic E-state index is 0.143. The first-order valence-corrected chi connectivity index (χ1v) is 9.05. The zero-order valence-electron chi connectivity index (χ0n) is 14.9. The second-order valence-electron chi connectivity index (χ2n) is 6.80. The summed E-state index contributed by atoms with van der Waals surface area (Å²) < 4.78 is 1.32. The van der Waals surface area contributed by atoms with Gasteiger partial charge in [-0.25, -0.2) is 0 Å². The van der Waals surface area contributed by atoms with E-state index in [0.717, 1.165) is 16.8 Å². The van der Waals surface area contributed by atoms with E-state index in [2.05, 4.69) is 11.2 Å². The lowest BCUT2D eigenvalue weighted by Gasteiger charge is -2.15. The number of phenols is 1. The lowest BCUT2D eigenvalue weighted by atomic mass is 9.90. The van der Waals surface area contributed by atoms with Gasteiger partial charge in [-0.3, -0.25) is 4.79 Å². The van der Waals surface area contributed by atoms with Gasteiger partial charge in [0, 0.05) is 10.9 Å². The first kappa shape index (κ1) is 16.3. The summed E-state index contributed by atoms with van der Waals surface area (Å²) in [6, 6.07) is 20.8. The van der Waals surface area contributed by atoms with Gasteiger partial charge >= 0.3 is 0 Å². The summed E-state index contributed by atoms with van der Waals surface area (Å²) in [5, 5.41) is 26.2. The largest absolute Gasteiger partial charge is 0.506 e. The molecule has 0 unspecified atom stereocenters. The number of nitrogens with zero attached hydrogens (tertiary/aromatic N) is 3. The van der Waals surface area contributed by atoms with E-state index in [1.54, 1.807) is 12.1 Å². The Hall–Kier alpha value is -3.91. The van der Waals surface area contributed by atoms with E-state index in [0.29, 0.717) is 29.5 Å². The number of hydrogen-bond donors (Lipinski definition) is 1. The molecule has 134 valence electrons. The third kappa shape index (κ3) is 2.18. The van der Waals surface area contributed by atoms with Crippen LogP contribution in [0.3, 0.4) is 0 Å². The van der Waals surface area contributed by atoms with Crippen molar-refractivity contribution in [3.63, 3.8) is 0 Å². The van der Waals surface area contributed by atoms with Gasteiger partial charge in [0.1, 0.15) is 17.4 Å². The van der Waals surface area contributed by atoms with Gasteiger partial charge in [-0.2, -0.15) is 15.0 Å². The normalized spacial score (nSPS) is 12.2. The van der Waals surface area contributed by atoms with E-state index in [4.69, 9.17) is 0 Å². The molecule has 4 aromatic rings. The second-order valence-corrected chi connectivity index (χ2v) is 6.80. The number of aryl methyl sites for hydroxylation is 2. The molecule has 1 aliphatic carbocycles. The minimum atomic E-state index is -0.415. The van der Waals surface area contributed by atoms with Gasteiger partial charge in [-0.1, -0.05) is 48.5 Å². The molecule has 28 heavy (non-hydrogen) atoms. The number of aromatic nitrogens is 2. The van der Waals surface area contributed by atoms with Crippen molar-refractivity contribution >= 4 is 10.8 Å². The predicted molar refractivity (Wildman–Crippen MR) is 107 cm³/mol. The number of rotatable bonds is 2. The molecule has 0 radical (unpaired) electrons. The molecule has 0 spiro atoms. The molecule has 0 saturated carbocycles. The molecule has 0 aliphatic heterocycles. The van der Waals surface area contributed by atoms with E-state index in [-0.39, 0.29) is 16.7 Å². The van der Waals surface area contributed by atoms with Crippen LogP contribution in [0.2, 0.25) is 0 Å². The summed E-state index contributed by atoms with van der Waals surface area (Å²) in [6.45, 7) is 0. The molecule has 5 nitrogen and oxygen atoms in total. The fourth-order valence-electron chi connectivity index (χ4n) is 4.08. The summed E-state index contributed by atoms with van der Waals surface area (Å²) >= 11 is 0. The Kier molecular flexibility index (Phi) is 3.53. The predicted octanol–water partition coefficient (Wildman–Crippen LogP) is 3.73. The average molecular weight is 365 g/mol. The maximum absolute atomic E-state index is 13.2. The molecule has 1 aromatic heterocycles. The summed E-state index contributed by atoms with van der Waals surface area (Å²) in [7, 11) is 0. The topological polar surface area (TPSA) is 78.9 Å². The lowest BCUT2D eigenvalue weighted by molar-refractivity contribution is 0.479. The van der Waals surface area contributed by atoms with Crippen molar-refractivity contribution in [1.82, 2.24) is 9.78 Å². The molecule has 0 amide bonds. The van der Waals surface area contributed by atoms with Gasteiger partial charge < -0.3 is 5.11 Å². The zero-order chi connectivity index (χ0) is 19.3. The molecule has 0 fully saturated rings. The molecule has 5 heteroatoms. The number of aromatic hydroxyl groups is 1. The Labute approximate surface area is 160 Å². The monoisotopic (exact) mass is 365 g/mol. The van der Waals surface area contributed by atoms with Crippen LogP contribution < -0.4 is 5.56 Å². The molecule has 3 aromatic carbocycles. The van der Waals surface area contributed by atoms with Crippen LogP contribution in [0.4, 0.5) is 0 Å². The number of phenolic OH excluding ortho intramolecular Hbond substituents is 1. The minimum Gasteiger partial charge on any atom is -0.506 e. The van der Waals surface area contributed by atoms with Crippen LogP contribution in [-0.4, -0.2) is 14.9 Å². The molecule has 0 bridgehead atoms. The quantitative estimate of drug-likeness (QED) is 0.587. The van der Waals surface area contributed by atoms with Crippen LogP contribution in [0, 0.1) is 11.3 Å². The Morgan fingerprint density at radius 2 is 1.64 bits per heavy atom. The number of hydrogen-bond acceptors (Lipinski definition) is 4. The standard InChI is InChI=1S/C23H15N3O2/c24-13-17-19(14-7-3-1-4-8-14)16-11-12-18-20(16)21(22(17)27)23(28)26(25-18)15-9-5-2-6-10-15/h1-10,27H,11-12H2. The maximum Gasteiger partial charge on any atom is 0.283 e. The third-order valence-electron chi connectivity index (χ3n) is 5.28. The first-order valence-electron chi connectivity index (χ1n) is 9.05. The Morgan fingerprint density at radius 1 is 0.964 bits per heavy atom. The summed E-state index contributed by atoms with van der Waals surface area (Å²) in [5.74, 6) is -0.264. The highest BCUT2D eigenvalue weighted by Crippen LogP contribution is 2.43. The van der Waals surface area contributed by atoms with Crippen LogP contribution in [-0.2, 0) is 12.8 Å². The number of para-hydroxylation sites is 1. The summed E-state index contributed by atoms with van der Waals surface area (Å²) in [5.41, 5.74) is 3.59. The van der Waals surface area contributed by atoms with Crippen molar-refractivity contribution in [2.45, 2.75) is 12.8 Å². The molecule has 1 aliphatic rings. The van der Waals surface area contributed by atoms with Crippen molar-refractivity contribution in [2.75, 3.05) is 0 Å². The smallest absolute Gasteiger partial charge is 0.283 e. The van der Waals surface area contributed by atoms with Crippen LogP contribution in [0.1, 0.15) is 16.8 Å². The highest BCUT2D eigenvalue weighted by Gasteiger charge is 2.29. The Bertz CT molecular complexity index is 1330. The van der Waals surface area contributed by atoms with Crippen molar-refractivity contribution in [3.8, 4) is 28.6 Å². The Balaban J connectivity index is 1.94. The van der Waals surface area contributed by atoms with E-state index in [9.17, 15) is 15.2 Å². The molecule has 1 heterocycles. The third-order valence-corrected chi connectivity index (χ3v) is 5.28.